The summed E-state index contributed by atoms with van der Waals surface area (Å²) in [4.78, 5) is 3.16. The minimum absolute atomic E-state index is 0.276. The molecule has 24 heavy (non-hydrogen) atoms. The van der Waals surface area contributed by atoms with Crippen molar-refractivity contribution in [3.05, 3.63) is 41.6 Å². The highest BCUT2D eigenvalue weighted by molar-refractivity contribution is 7.80. The van der Waals surface area contributed by atoms with Crippen LogP contribution in [0.3, 0.4) is 0 Å². The summed E-state index contributed by atoms with van der Waals surface area (Å²) in [6.45, 7) is 9.23. The first kappa shape index (κ1) is 18.8. The van der Waals surface area contributed by atoms with Gasteiger partial charge in [0.05, 0.1) is 17.9 Å². The number of H-pyrrole nitrogens is 1. The summed E-state index contributed by atoms with van der Waals surface area (Å²) in [6.07, 6.45) is 1.39. The molecular formula is C18H24FNO3S. The third-order valence-corrected chi connectivity index (χ3v) is 4.48. The first-order valence-electron chi connectivity index (χ1n) is 7.93. The van der Waals surface area contributed by atoms with Crippen LogP contribution >= 0.6 is 0 Å². The number of aromatic nitrogens is 1. The fourth-order valence-corrected chi connectivity index (χ4v) is 3.53. The predicted molar refractivity (Wildman–Crippen MR) is 96.4 cm³/mol. The van der Waals surface area contributed by atoms with E-state index in [-0.39, 0.29) is 6.61 Å². The Balaban J connectivity index is 2.66. The lowest BCUT2D eigenvalue weighted by Gasteiger charge is -2.26. The highest BCUT2D eigenvalue weighted by Gasteiger charge is 2.32. The molecule has 0 amide bonds. The highest BCUT2D eigenvalue weighted by atomic mass is 32.2. The Labute approximate surface area is 144 Å². The van der Waals surface area contributed by atoms with Gasteiger partial charge >= 0.3 is 0 Å². The summed E-state index contributed by atoms with van der Waals surface area (Å²) in [6, 6.07) is 7.37. The van der Waals surface area contributed by atoms with Crippen molar-refractivity contribution in [1.29, 1.82) is 0 Å². The quantitative estimate of drug-likeness (QED) is 0.794. The number of nitrogens with one attached hydrogen (secondary N) is 1. The van der Waals surface area contributed by atoms with Crippen molar-refractivity contribution in [3.8, 4) is 0 Å². The van der Waals surface area contributed by atoms with E-state index >= 15 is 0 Å². The van der Waals surface area contributed by atoms with Gasteiger partial charge in [0.1, 0.15) is 5.83 Å². The molecule has 2 rings (SSSR count). The van der Waals surface area contributed by atoms with Crippen molar-refractivity contribution in [2.24, 2.45) is 0 Å². The van der Waals surface area contributed by atoms with Gasteiger partial charge in [-0.3, -0.25) is 4.18 Å². The van der Waals surface area contributed by atoms with Crippen molar-refractivity contribution in [3.63, 3.8) is 0 Å². The van der Waals surface area contributed by atoms with E-state index in [0.29, 0.717) is 11.3 Å². The van der Waals surface area contributed by atoms with E-state index in [0.717, 1.165) is 10.9 Å². The summed E-state index contributed by atoms with van der Waals surface area (Å²) in [7, 11) is 0. The fourth-order valence-electron chi connectivity index (χ4n) is 2.43. The van der Waals surface area contributed by atoms with E-state index in [1.54, 1.807) is 13.8 Å². The standard InChI is InChI=1S/C18H24FNO3S/c1-6-13(19)15-12-10-8-9-11-14(12)20-16(15)17(23-18(3,4)5)24(21)22-7-2/h6,8-11,17,20H,7H2,1-5H3/b13-6-. The predicted octanol–water partition coefficient (Wildman–Crippen LogP) is 5.01. The largest absolute Gasteiger partial charge is 0.355 e. The van der Waals surface area contributed by atoms with Crippen molar-refractivity contribution < 1.29 is 17.5 Å². The first-order chi connectivity index (χ1) is 11.3. The lowest BCUT2D eigenvalue weighted by molar-refractivity contribution is -0.0275. The van der Waals surface area contributed by atoms with Crippen molar-refractivity contribution in [2.75, 3.05) is 6.61 Å². The Morgan fingerprint density at radius 2 is 2.04 bits per heavy atom. The molecule has 0 saturated carbocycles. The summed E-state index contributed by atoms with van der Waals surface area (Å²) in [5.41, 5.74) is 0.0655. The van der Waals surface area contributed by atoms with Crippen LogP contribution in [0.2, 0.25) is 0 Å². The van der Waals surface area contributed by atoms with E-state index in [4.69, 9.17) is 8.92 Å². The van der Waals surface area contributed by atoms with Crippen LogP contribution in [0.4, 0.5) is 4.39 Å². The molecule has 1 aromatic heterocycles. The van der Waals surface area contributed by atoms with Crippen molar-refractivity contribution >= 4 is 27.8 Å². The third kappa shape index (κ3) is 4.12. The summed E-state index contributed by atoms with van der Waals surface area (Å²) in [5, 5.41) is 0.721. The van der Waals surface area contributed by atoms with E-state index in [1.807, 2.05) is 45.0 Å². The molecule has 0 aliphatic carbocycles. The molecule has 4 nitrogen and oxygen atoms in total. The van der Waals surface area contributed by atoms with E-state index in [2.05, 4.69) is 4.98 Å². The Morgan fingerprint density at radius 1 is 1.38 bits per heavy atom. The molecule has 1 N–H and O–H groups in total. The second-order valence-electron chi connectivity index (χ2n) is 6.33. The lowest BCUT2D eigenvalue weighted by Crippen LogP contribution is -2.26. The van der Waals surface area contributed by atoms with Crippen LogP contribution in [0.25, 0.3) is 16.7 Å². The summed E-state index contributed by atoms with van der Waals surface area (Å²) >= 11 is -1.76. The molecule has 132 valence electrons. The maximum Gasteiger partial charge on any atom is 0.199 e. The monoisotopic (exact) mass is 353 g/mol. The number of hydrogen-bond acceptors (Lipinski definition) is 3. The molecule has 2 unspecified atom stereocenters. The van der Waals surface area contributed by atoms with Gasteiger partial charge in [-0.15, -0.1) is 0 Å². The Kier molecular flexibility index (Phi) is 5.96. The molecule has 0 bridgehead atoms. The van der Waals surface area contributed by atoms with Gasteiger partial charge in [-0.25, -0.2) is 8.60 Å². The molecule has 2 atom stereocenters. The molecule has 1 heterocycles. The van der Waals surface area contributed by atoms with Gasteiger partial charge in [0, 0.05) is 16.5 Å². The Bertz CT molecular complexity index is 761. The number of rotatable bonds is 6. The molecule has 0 spiro atoms. The molecule has 0 saturated heterocycles. The van der Waals surface area contributed by atoms with E-state index < -0.39 is 27.9 Å². The van der Waals surface area contributed by atoms with Crippen LogP contribution < -0.4 is 0 Å². The van der Waals surface area contributed by atoms with Crippen LogP contribution in [0, 0.1) is 0 Å². The molecule has 1 aromatic carbocycles. The van der Waals surface area contributed by atoms with Crippen LogP contribution in [-0.2, 0) is 20.0 Å². The van der Waals surface area contributed by atoms with E-state index in [1.165, 1.54) is 6.08 Å². The van der Waals surface area contributed by atoms with Crippen LogP contribution in [0.15, 0.2) is 30.3 Å². The summed E-state index contributed by atoms with van der Waals surface area (Å²) < 4.78 is 38.3. The average molecular weight is 353 g/mol. The van der Waals surface area contributed by atoms with E-state index in [9.17, 15) is 8.60 Å². The highest BCUT2D eigenvalue weighted by Crippen LogP contribution is 2.37. The number of allylic oxidation sites excluding steroid dienone is 1. The van der Waals surface area contributed by atoms with Gasteiger partial charge in [0.25, 0.3) is 0 Å². The molecule has 0 aliphatic heterocycles. The molecule has 0 fully saturated rings. The molecule has 0 aliphatic rings. The zero-order valence-electron chi connectivity index (χ0n) is 14.7. The van der Waals surface area contributed by atoms with Gasteiger partial charge in [0.15, 0.2) is 16.5 Å². The number of aromatic amines is 1. The van der Waals surface area contributed by atoms with Gasteiger partial charge < -0.3 is 9.72 Å². The smallest absolute Gasteiger partial charge is 0.199 e. The van der Waals surface area contributed by atoms with Crippen LogP contribution in [-0.4, -0.2) is 21.4 Å². The second kappa shape index (κ2) is 7.59. The van der Waals surface area contributed by atoms with Gasteiger partial charge in [-0.2, -0.15) is 0 Å². The third-order valence-electron chi connectivity index (χ3n) is 3.33. The summed E-state index contributed by atoms with van der Waals surface area (Å²) in [5.74, 6) is -0.390. The maximum atomic E-state index is 14.6. The molecule has 2 aromatic rings. The number of hydrogen-bond donors (Lipinski definition) is 1. The van der Waals surface area contributed by atoms with Gasteiger partial charge in [-0.05, 0) is 40.7 Å². The number of halogens is 1. The van der Waals surface area contributed by atoms with Gasteiger partial charge in [-0.1, -0.05) is 24.3 Å². The lowest BCUT2D eigenvalue weighted by atomic mass is 10.1. The molecular weight excluding hydrogens is 329 g/mol. The number of benzene rings is 1. The normalized spacial score (nSPS) is 15.7. The van der Waals surface area contributed by atoms with Crippen LogP contribution in [0.1, 0.15) is 51.3 Å². The van der Waals surface area contributed by atoms with Crippen molar-refractivity contribution in [1.82, 2.24) is 4.98 Å². The molecule has 0 radical (unpaired) electrons. The zero-order valence-corrected chi connectivity index (χ0v) is 15.5. The Hall–Kier alpha value is -1.50. The maximum absolute atomic E-state index is 14.6. The second-order valence-corrected chi connectivity index (χ2v) is 7.51. The minimum atomic E-state index is -1.76. The fraction of sp³-hybridized carbons (Fsp3) is 0.444. The van der Waals surface area contributed by atoms with Crippen molar-refractivity contribution in [2.45, 2.75) is 45.7 Å². The SMILES string of the molecule is C/C=C(\F)c1c(C(OC(C)(C)C)S(=O)OCC)[nH]c2ccccc12. The number of fused-ring (bicyclic) bond motifs is 1. The van der Waals surface area contributed by atoms with Crippen LogP contribution in [0.5, 0.6) is 0 Å². The number of ether oxygens (including phenoxy) is 1. The average Bonchev–Trinajstić information content (AvgIpc) is 2.90. The van der Waals surface area contributed by atoms with Gasteiger partial charge in [0.2, 0.25) is 0 Å². The molecule has 6 heteroatoms. The number of para-hydroxylation sites is 1. The first-order valence-corrected chi connectivity index (χ1v) is 9.06. The topological polar surface area (TPSA) is 51.3 Å². The Morgan fingerprint density at radius 3 is 2.62 bits per heavy atom. The zero-order chi connectivity index (χ0) is 17.9. The minimum Gasteiger partial charge on any atom is -0.355 e.